The number of nitrogens with zero attached hydrogens (tertiary/aromatic N) is 1. The zero-order chi connectivity index (χ0) is 14.8. The Labute approximate surface area is 117 Å². The van der Waals surface area contributed by atoms with E-state index in [4.69, 9.17) is 20.5 Å². The van der Waals surface area contributed by atoms with Gasteiger partial charge in [-0.05, 0) is 6.42 Å². The second-order valence-electron chi connectivity index (χ2n) is 4.26. The van der Waals surface area contributed by atoms with Crippen molar-refractivity contribution < 1.29 is 17.9 Å². The first-order chi connectivity index (χ1) is 9.47. The van der Waals surface area contributed by atoms with Gasteiger partial charge >= 0.3 is 0 Å². The predicted molar refractivity (Wildman–Crippen MR) is 74.1 cm³/mol. The average molecular weight is 297 g/mol. The van der Waals surface area contributed by atoms with Crippen molar-refractivity contribution in [3.63, 3.8) is 0 Å². The molecule has 1 aromatic carbocycles. The average Bonchev–Trinajstić information content (AvgIpc) is 2.40. The quantitative estimate of drug-likeness (QED) is 0.804. The van der Waals surface area contributed by atoms with Crippen LogP contribution in [0.5, 0.6) is 11.5 Å². The van der Waals surface area contributed by atoms with Crippen LogP contribution in [0.3, 0.4) is 0 Å². The number of hydrogen-bond donors (Lipinski definition) is 2. The van der Waals surface area contributed by atoms with Gasteiger partial charge in [-0.3, -0.25) is 4.72 Å². The zero-order valence-electron chi connectivity index (χ0n) is 10.9. The van der Waals surface area contributed by atoms with Gasteiger partial charge in [0, 0.05) is 12.1 Å². The minimum atomic E-state index is -3.81. The molecule has 2 rings (SSSR count). The van der Waals surface area contributed by atoms with Crippen LogP contribution < -0.4 is 19.9 Å². The Kier molecular flexibility index (Phi) is 3.90. The van der Waals surface area contributed by atoms with E-state index in [0.717, 1.165) is 0 Å². The Hall–Kier alpha value is -2.14. The SMILES string of the molecule is CCC(C#N)S(=O)(=O)Nc1cc2c(cc1N)OCCO2. The molecule has 0 spiro atoms. The lowest BCUT2D eigenvalue weighted by atomic mass is 10.2. The molecule has 1 aliphatic rings. The number of sulfonamides is 1. The summed E-state index contributed by atoms with van der Waals surface area (Å²) in [5, 5.41) is 7.73. The highest BCUT2D eigenvalue weighted by atomic mass is 32.2. The lowest BCUT2D eigenvalue weighted by Crippen LogP contribution is -2.26. The van der Waals surface area contributed by atoms with Gasteiger partial charge in [0.25, 0.3) is 0 Å². The summed E-state index contributed by atoms with van der Waals surface area (Å²) in [6.45, 7) is 2.43. The minimum Gasteiger partial charge on any atom is -0.486 e. The van der Waals surface area contributed by atoms with E-state index in [1.54, 1.807) is 13.0 Å². The number of anilines is 2. The van der Waals surface area contributed by atoms with Crippen LogP contribution >= 0.6 is 0 Å². The molecular formula is C12H15N3O4S. The third-order valence-corrected chi connectivity index (χ3v) is 4.55. The molecule has 0 radical (unpaired) electrons. The summed E-state index contributed by atoms with van der Waals surface area (Å²) < 4.78 is 37.1. The first-order valence-corrected chi connectivity index (χ1v) is 7.63. The number of rotatable bonds is 4. The van der Waals surface area contributed by atoms with Crippen molar-refractivity contribution in [1.82, 2.24) is 0 Å². The van der Waals surface area contributed by atoms with Crippen LogP contribution in [0.25, 0.3) is 0 Å². The summed E-state index contributed by atoms with van der Waals surface area (Å²) >= 11 is 0. The van der Waals surface area contributed by atoms with Crippen molar-refractivity contribution in [2.75, 3.05) is 23.7 Å². The molecule has 1 aliphatic heterocycles. The highest BCUT2D eigenvalue weighted by Gasteiger charge is 2.25. The molecule has 108 valence electrons. The van der Waals surface area contributed by atoms with Crippen LogP contribution in [0.1, 0.15) is 13.3 Å². The summed E-state index contributed by atoms with van der Waals surface area (Å²) in [5.41, 5.74) is 6.19. The second-order valence-corrected chi connectivity index (χ2v) is 6.12. The second kappa shape index (κ2) is 5.46. The highest BCUT2D eigenvalue weighted by Crippen LogP contribution is 2.37. The topological polar surface area (TPSA) is 114 Å². The molecule has 8 heteroatoms. The zero-order valence-corrected chi connectivity index (χ0v) is 11.7. The number of nitrogens with one attached hydrogen (secondary N) is 1. The summed E-state index contributed by atoms with van der Waals surface area (Å²) in [6.07, 6.45) is 0.191. The number of nitrogen functional groups attached to an aromatic ring is 1. The molecule has 0 bridgehead atoms. The maximum absolute atomic E-state index is 12.0. The van der Waals surface area contributed by atoms with E-state index in [-0.39, 0.29) is 17.8 Å². The van der Waals surface area contributed by atoms with Crippen molar-refractivity contribution in [2.24, 2.45) is 0 Å². The normalized spacial score (nSPS) is 15.2. The molecule has 0 aliphatic carbocycles. The molecule has 0 saturated heterocycles. The number of nitrogens with two attached hydrogens (primary N) is 1. The number of benzene rings is 1. The predicted octanol–water partition coefficient (Wildman–Crippen LogP) is 1.08. The Morgan fingerprint density at radius 3 is 2.55 bits per heavy atom. The highest BCUT2D eigenvalue weighted by molar-refractivity contribution is 7.93. The Balaban J connectivity index is 2.33. The van der Waals surface area contributed by atoms with Gasteiger partial charge in [0.2, 0.25) is 10.0 Å². The van der Waals surface area contributed by atoms with Crippen LogP contribution in [0.2, 0.25) is 0 Å². The minimum absolute atomic E-state index is 0.183. The molecule has 7 nitrogen and oxygen atoms in total. The van der Waals surface area contributed by atoms with Crippen LogP contribution in [0, 0.1) is 11.3 Å². The smallest absolute Gasteiger partial charge is 0.249 e. The molecule has 1 atom stereocenters. The molecule has 1 heterocycles. The fourth-order valence-electron chi connectivity index (χ4n) is 1.80. The van der Waals surface area contributed by atoms with Gasteiger partial charge in [-0.2, -0.15) is 5.26 Å². The molecule has 3 N–H and O–H groups in total. The fourth-order valence-corrected chi connectivity index (χ4v) is 3.00. The van der Waals surface area contributed by atoms with Gasteiger partial charge in [0.15, 0.2) is 16.7 Å². The van der Waals surface area contributed by atoms with Gasteiger partial charge in [-0.15, -0.1) is 0 Å². The Bertz CT molecular complexity index is 651. The molecule has 0 saturated carbocycles. The van der Waals surface area contributed by atoms with E-state index in [9.17, 15) is 8.42 Å². The van der Waals surface area contributed by atoms with Crippen LogP contribution in [0.15, 0.2) is 12.1 Å². The van der Waals surface area contributed by atoms with E-state index in [2.05, 4.69) is 4.72 Å². The van der Waals surface area contributed by atoms with Crippen molar-refractivity contribution in [2.45, 2.75) is 18.6 Å². The van der Waals surface area contributed by atoms with Gasteiger partial charge in [0.1, 0.15) is 13.2 Å². The van der Waals surface area contributed by atoms with E-state index in [1.165, 1.54) is 12.1 Å². The number of ether oxygens (including phenoxy) is 2. The summed E-state index contributed by atoms with van der Waals surface area (Å²) in [4.78, 5) is 0. The largest absolute Gasteiger partial charge is 0.486 e. The number of hydrogen-bond acceptors (Lipinski definition) is 6. The molecule has 0 amide bonds. The molecular weight excluding hydrogens is 282 g/mol. The third kappa shape index (κ3) is 2.72. The molecule has 0 fully saturated rings. The number of fused-ring (bicyclic) bond motifs is 1. The molecule has 20 heavy (non-hydrogen) atoms. The molecule has 1 unspecified atom stereocenters. The lowest BCUT2D eigenvalue weighted by molar-refractivity contribution is 0.172. The Morgan fingerprint density at radius 2 is 2.00 bits per heavy atom. The van der Waals surface area contributed by atoms with E-state index in [0.29, 0.717) is 24.7 Å². The third-order valence-electron chi connectivity index (χ3n) is 2.86. The van der Waals surface area contributed by atoms with Crippen molar-refractivity contribution in [1.29, 1.82) is 5.26 Å². The van der Waals surface area contributed by atoms with Crippen molar-refractivity contribution in [3.8, 4) is 17.6 Å². The molecule has 0 aromatic heterocycles. The molecule has 1 aromatic rings. The fraction of sp³-hybridized carbons (Fsp3) is 0.417. The Morgan fingerprint density at radius 1 is 1.40 bits per heavy atom. The van der Waals surface area contributed by atoms with E-state index >= 15 is 0 Å². The summed E-state index contributed by atoms with van der Waals surface area (Å²) in [5.74, 6) is 0.900. The standard InChI is InChI=1S/C12H15N3O4S/c1-2-8(7-13)20(16,17)15-10-6-12-11(5-9(10)14)18-3-4-19-12/h5-6,8,15H,2-4,14H2,1H3. The monoisotopic (exact) mass is 297 g/mol. The van der Waals surface area contributed by atoms with Gasteiger partial charge in [0.05, 0.1) is 17.4 Å². The van der Waals surface area contributed by atoms with Crippen molar-refractivity contribution >= 4 is 21.4 Å². The summed E-state index contributed by atoms with van der Waals surface area (Å²) in [7, 11) is -3.81. The first-order valence-electron chi connectivity index (χ1n) is 6.08. The van der Waals surface area contributed by atoms with Crippen LogP contribution in [-0.2, 0) is 10.0 Å². The van der Waals surface area contributed by atoms with E-state index < -0.39 is 15.3 Å². The summed E-state index contributed by atoms with van der Waals surface area (Å²) in [6, 6.07) is 4.71. The van der Waals surface area contributed by atoms with Gasteiger partial charge in [-0.25, -0.2) is 8.42 Å². The number of nitriles is 1. The van der Waals surface area contributed by atoms with Crippen LogP contribution in [0.4, 0.5) is 11.4 Å². The maximum Gasteiger partial charge on any atom is 0.249 e. The van der Waals surface area contributed by atoms with Crippen molar-refractivity contribution in [3.05, 3.63) is 12.1 Å². The van der Waals surface area contributed by atoms with Crippen LogP contribution in [-0.4, -0.2) is 26.9 Å². The van der Waals surface area contributed by atoms with Gasteiger partial charge in [-0.1, -0.05) is 6.92 Å². The lowest BCUT2D eigenvalue weighted by Gasteiger charge is -2.21. The first kappa shape index (κ1) is 14.3. The maximum atomic E-state index is 12.0. The van der Waals surface area contributed by atoms with E-state index in [1.807, 2.05) is 0 Å². The van der Waals surface area contributed by atoms with Gasteiger partial charge < -0.3 is 15.2 Å².